The number of benzene rings is 2. The molecule has 0 aliphatic heterocycles. The fourth-order valence-corrected chi connectivity index (χ4v) is 6.01. The number of rotatable bonds is 9. The monoisotopic (exact) mass is 477 g/mol. The van der Waals surface area contributed by atoms with Crippen molar-refractivity contribution in [3.63, 3.8) is 0 Å². The molecule has 3 rings (SSSR count). The van der Waals surface area contributed by atoms with E-state index in [1.807, 2.05) is 20.8 Å². The third-order valence-corrected chi connectivity index (χ3v) is 8.18. The van der Waals surface area contributed by atoms with Gasteiger partial charge in [0, 0.05) is 25.2 Å². The minimum absolute atomic E-state index is 0.150. The van der Waals surface area contributed by atoms with E-state index in [2.05, 4.69) is 4.99 Å². The Hall–Kier alpha value is -2.36. The van der Waals surface area contributed by atoms with E-state index in [9.17, 15) is 17.6 Å². The summed E-state index contributed by atoms with van der Waals surface area (Å²) in [7, 11) is -3.61. The Morgan fingerprint density at radius 2 is 1.81 bits per heavy atom. The van der Waals surface area contributed by atoms with Crippen molar-refractivity contribution < 1.29 is 17.6 Å². The number of thiazole rings is 1. The summed E-state index contributed by atoms with van der Waals surface area (Å²) in [6.45, 7) is 7.18. The summed E-state index contributed by atoms with van der Waals surface area (Å²) >= 11 is 1.26. The average Bonchev–Trinajstić information content (AvgIpc) is 3.12. The highest BCUT2D eigenvalue weighted by atomic mass is 32.2. The van der Waals surface area contributed by atoms with Gasteiger partial charge in [-0.25, -0.2) is 12.8 Å². The molecule has 1 aromatic heterocycles. The van der Waals surface area contributed by atoms with Crippen LogP contribution < -0.4 is 4.80 Å². The number of carbonyl (C=O) groups excluding carboxylic acids is 1. The second-order valence-electron chi connectivity index (χ2n) is 7.41. The van der Waals surface area contributed by atoms with Gasteiger partial charge in [0.15, 0.2) is 4.80 Å². The molecule has 0 fully saturated rings. The maximum Gasteiger partial charge on any atom is 0.279 e. The normalized spacial score (nSPS) is 12.7. The second kappa shape index (κ2) is 10.5. The lowest BCUT2D eigenvalue weighted by atomic mass is 10.2. The standard InChI is InChI=1S/C23H28FN3O3S2/c1-4-7-16-26(6-3)32(29,30)18-13-11-17(12-14-18)22(28)25-23-27(15-5-2)21-19(24)9-8-10-20(21)31-23/h8-14H,4-7,15-16H2,1-3H3. The van der Waals surface area contributed by atoms with E-state index in [0.29, 0.717) is 30.0 Å². The number of para-hydroxylation sites is 1. The summed E-state index contributed by atoms with van der Waals surface area (Å²) in [5.41, 5.74) is 0.723. The summed E-state index contributed by atoms with van der Waals surface area (Å²) in [5, 5.41) is 0. The number of amides is 1. The maximum atomic E-state index is 14.4. The highest BCUT2D eigenvalue weighted by molar-refractivity contribution is 7.89. The predicted octanol–water partition coefficient (Wildman–Crippen LogP) is 4.80. The van der Waals surface area contributed by atoms with Crippen LogP contribution >= 0.6 is 11.3 Å². The number of halogens is 1. The molecule has 1 heterocycles. The van der Waals surface area contributed by atoms with Gasteiger partial charge in [-0.3, -0.25) is 4.79 Å². The molecule has 0 atom stereocenters. The molecule has 0 N–H and O–H groups in total. The largest absolute Gasteiger partial charge is 0.314 e. The highest BCUT2D eigenvalue weighted by Crippen LogP contribution is 2.21. The molecular formula is C23H28FN3O3S2. The maximum absolute atomic E-state index is 14.4. The molecule has 0 bridgehead atoms. The van der Waals surface area contributed by atoms with E-state index in [1.54, 1.807) is 16.7 Å². The molecule has 2 aromatic carbocycles. The molecule has 0 unspecified atom stereocenters. The van der Waals surface area contributed by atoms with Crippen molar-refractivity contribution in [2.45, 2.75) is 51.5 Å². The van der Waals surface area contributed by atoms with Crippen LogP contribution in [0.4, 0.5) is 4.39 Å². The second-order valence-corrected chi connectivity index (χ2v) is 10.4. The summed E-state index contributed by atoms with van der Waals surface area (Å²) < 4.78 is 44.0. The Kier molecular flexibility index (Phi) is 7.97. The van der Waals surface area contributed by atoms with E-state index in [1.165, 1.54) is 46.0 Å². The van der Waals surface area contributed by atoms with E-state index in [4.69, 9.17) is 0 Å². The molecule has 1 amide bonds. The minimum atomic E-state index is -3.61. The number of aromatic nitrogens is 1. The fraction of sp³-hybridized carbons (Fsp3) is 0.391. The molecule has 0 radical (unpaired) electrons. The van der Waals surface area contributed by atoms with Gasteiger partial charge in [-0.05, 0) is 49.2 Å². The van der Waals surface area contributed by atoms with Gasteiger partial charge in [0.2, 0.25) is 10.0 Å². The third-order valence-electron chi connectivity index (χ3n) is 5.15. The quantitative estimate of drug-likeness (QED) is 0.444. The van der Waals surface area contributed by atoms with Gasteiger partial charge in [0.1, 0.15) is 5.82 Å². The lowest BCUT2D eigenvalue weighted by Gasteiger charge is -2.20. The van der Waals surface area contributed by atoms with Crippen LogP contribution in [0.15, 0.2) is 52.4 Å². The first-order valence-corrected chi connectivity index (χ1v) is 13.1. The smallest absolute Gasteiger partial charge is 0.279 e. The van der Waals surface area contributed by atoms with Gasteiger partial charge in [-0.15, -0.1) is 0 Å². The van der Waals surface area contributed by atoms with Crippen molar-refractivity contribution in [1.29, 1.82) is 0 Å². The van der Waals surface area contributed by atoms with Gasteiger partial charge < -0.3 is 4.57 Å². The van der Waals surface area contributed by atoms with Crippen LogP contribution in [0, 0.1) is 5.82 Å². The molecule has 32 heavy (non-hydrogen) atoms. The van der Waals surface area contributed by atoms with Crippen molar-refractivity contribution in [3.8, 4) is 0 Å². The lowest BCUT2D eigenvalue weighted by Crippen LogP contribution is -2.31. The number of aryl methyl sites for hydroxylation is 1. The third kappa shape index (κ3) is 5.00. The molecule has 0 aliphatic carbocycles. The number of nitrogens with zero attached hydrogens (tertiary/aromatic N) is 3. The zero-order valence-corrected chi connectivity index (χ0v) is 20.2. The van der Waals surface area contributed by atoms with Crippen LogP contribution in [0.5, 0.6) is 0 Å². The predicted molar refractivity (Wildman–Crippen MR) is 126 cm³/mol. The number of hydrogen-bond acceptors (Lipinski definition) is 4. The Labute approximate surface area is 192 Å². The minimum Gasteiger partial charge on any atom is -0.314 e. The lowest BCUT2D eigenvalue weighted by molar-refractivity contribution is 0.0997. The number of hydrogen-bond donors (Lipinski definition) is 0. The van der Waals surface area contributed by atoms with Crippen molar-refractivity contribution in [2.24, 2.45) is 4.99 Å². The van der Waals surface area contributed by atoms with Crippen molar-refractivity contribution in [2.75, 3.05) is 13.1 Å². The van der Waals surface area contributed by atoms with E-state index in [-0.39, 0.29) is 16.3 Å². The molecule has 0 saturated heterocycles. The first-order valence-electron chi connectivity index (χ1n) is 10.8. The van der Waals surface area contributed by atoms with Gasteiger partial charge in [0.25, 0.3) is 5.91 Å². The SMILES string of the molecule is CCCCN(CC)S(=O)(=O)c1ccc(C(=O)N=c2sc3cccc(F)c3n2CCC)cc1. The average molecular weight is 478 g/mol. The summed E-state index contributed by atoms with van der Waals surface area (Å²) in [6.07, 6.45) is 2.46. The Morgan fingerprint density at radius 1 is 1.09 bits per heavy atom. The highest BCUT2D eigenvalue weighted by Gasteiger charge is 2.22. The number of sulfonamides is 1. The topological polar surface area (TPSA) is 71.7 Å². The van der Waals surface area contributed by atoms with Crippen molar-refractivity contribution in [1.82, 2.24) is 8.87 Å². The zero-order chi connectivity index (χ0) is 23.3. The van der Waals surface area contributed by atoms with E-state index in [0.717, 1.165) is 24.0 Å². The van der Waals surface area contributed by atoms with Crippen LogP contribution in [0.3, 0.4) is 0 Å². The first kappa shape index (κ1) is 24.3. The number of fused-ring (bicyclic) bond motifs is 1. The molecule has 172 valence electrons. The molecule has 9 heteroatoms. The summed E-state index contributed by atoms with van der Waals surface area (Å²) in [5.74, 6) is -0.844. The Morgan fingerprint density at radius 3 is 2.44 bits per heavy atom. The van der Waals surface area contributed by atoms with Gasteiger partial charge in [0.05, 0.1) is 15.1 Å². The van der Waals surface area contributed by atoms with Gasteiger partial charge in [-0.2, -0.15) is 9.30 Å². The van der Waals surface area contributed by atoms with Gasteiger partial charge >= 0.3 is 0 Å². The molecule has 0 spiro atoms. The molecule has 6 nitrogen and oxygen atoms in total. The van der Waals surface area contributed by atoms with Crippen LogP contribution in [0.25, 0.3) is 10.2 Å². The zero-order valence-electron chi connectivity index (χ0n) is 18.5. The number of unbranched alkanes of at least 4 members (excludes halogenated alkanes) is 1. The van der Waals surface area contributed by atoms with E-state index < -0.39 is 15.9 Å². The van der Waals surface area contributed by atoms with E-state index >= 15 is 0 Å². The van der Waals surface area contributed by atoms with Crippen LogP contribution in [0.2, 0.25) is 0 Å². The Balaban J connectivity index is 1.94. The fourth-order valence-electron chi connectivity index (χ4n) is 3.46. The Bertz CT molecular complexity index is 1260. The van der Waals surface area contributed by atoms with Gasteiger partial charge in [-0.1, -0.05) is 44.6 Å². The molecule has 0 saturated carbocycles. The summed E-state index contributed by atoms with van der Waals surface area (Å²) in [4.78, 5) is 17.6. The van der Waals surface area contributed by atoms with Crippen LogP contribution in [-0.4, -0.2) is 36.3 Å². The van der Waals surface area contributed by atoms with Crippen molar-refractivity contribution in [3.05, 3.63) is 58.6 Å². The van der Waals surface area contributed by atoms with Crippen LogP contribution in [-0.2, 0) is 16.6 Å². The summed E-state index contributed by atoms with van der Waals surface area (Å²) in [6, 6.07) is 10.7. The first-order chi connectivity index (χ1) is 15.3. The van der Waals surface area contributed by atoms with Crippen molar-refractivity contribution >= 4 is 37.5 Å². The molecule has 3 aromatic rings. The molecular weight excluding hydrogens is 449 g/mol. The molecule has 0 aliphatic rings. The van der Waals surface area contributed by atoms with Crippen LogP contribution in [0.1, 0.15) is 50.4 Å². The number of carbonyl (C=O) groups is 1.